The van der Waals surface area contributed by atoms with Crippen molar-refractivity contribution in [2.24, 2.45) is 5.73 Å². The van der Waals surface area contributed by atoms with Gasteiger partial charge in [0.25, 0.3) is 5.91 Å². The number of nitrogens with zero attached hydrogens (tertiary/aromatic N) is 3. The molecule has 0 bridgehead atoms. The first kappa shape index (κ1) is 28.8. The Hall–Kier alpha value is -3.70. The van der Waals surface area contributed by atoms with Gasteiger partial charge in [0.2, 0.25) is 5.91 Å². The van der Waals surface area contributed by atoms with Crippen LogP contribution in [0.25, 0.3) is 6.08 Å². The average molecular weight is 589 g/mol. The van der Waals surface area contributed by atoms with Gasteiger partial charge >= 0.3 is 0 Å². The van der Waals surface area contributed by atoms with Gasteiger partial charge in [0.05, 0.1) is 17.2 Å². The Bertz CT molecular complexity index is 1440. The maximum Gasteiger partial charge on any atom is 0.270 e. The second kappa shape index (κ2) is 13.3. The molecular formula is C31H32N4O4S2. The molecule has 3 aromatic carbocycles. The van der Waals surface area contributed by atoms with Crippen LogP contribution in [0.3, 0.4) is 0 Å². The number of hydrogen-bond acceptors (Lipinski definition) is 8. The molecule has 8 nitrogen and oxygen atoms in total. The highest BCUT2D eigenvalue weighted by Crippen LogP contribution is 2.37. The fourth-order valence-corrected chi connectivity index (χ4v) is 5.86. The molecule has 2 aliphatic heterocycles. The molecule has 41 heavy (non-hydrogen) atoms. The maximum atomic E-state index is 13.3. The highest BCUT2D eigenvalue weighted by molar-refractivity contribution is 8.27. The zero-order chi connectivity index (χ0) is 28.8. The number of carbonyl (C=O) groups is 2. The standard InChI is InChI=1S/C31H32N4O4S2/c1-33-15-17-34(18-16-33)14-3-19-38-27-5-2-4-24(21-27)35-30(37)28(41-31(35)40)20-22-6-10-25(11-7-22)39-26-12-8-23(9-13-26)29(32)36/h2,4-13,20-21H,3,14-19H2,1H3,(H2,32,36)/b28-20-. The Balaban J connectivity index is 1.17. The molecule has 10 heteroatoms. The summed E-state index contributed by atoms with van der Waals surface area (Å²) in [5.41, 5.74) is 7.24. The molecule has 3 aromatic rings. The quantitative estimate of drug-likeness (QED) is 0.201. The zero-order valence-electron chi connectivity index (χ0n) is 22.8. The van der Waals surface area contributed by atoms with Crippen LogP contribution in [0.15, 0.2) is 77.7 Å². The van der Waals surface area contributed by atoms with Gasteiger partial charge in [-0.15, -0.1) is 0 Å². The number of nitrogens with two attached hydrogens (primary N) is 1. The zero-order valence-corrected chi connectivity index (χ0v) is 24.5. The smallest absolute Gasteiger partial charge is 0.270 e. The largest absolute Gasteiger partial charge is 0.493 e. The molecule has 2 N–H and O–H groups in total. The number of piperazine rings is 1. The molecule has 2 aliphatic rings. The molecule has 0 spiro atoms. The molecule has 2 fully saturated rings. The van der Waals surface area contributed by atoms with Crippen molar-refractivity contribution >= 4 is 51.9 Å². The van der Waals surface area contributed by atoms with E-state index in [1.165, 1.54) is 11.8 Å². The lowest BCUT2D eigenvalue weighted by atomic mass is 10.2. The highest BCUT2D eigenvalue weighted by Gasteiger charge is 2.33. The maximum absolute atomic E-state index is 13.3. The third-order valence-electron chi connectivity index (χ3n) is 6.91. The number of primary amides is 1. The first-order chi connectivity index (χ1) is 19.9. The number of anilines is 1. The minimum absolute atomic E-state index is 0.165. The molecule has 5 rings (SSSR count). The lowest BCUT2D eigenvalue weighted by Gasteiger charge is -2.32. The van der Waals surface area contributed by atoms with E-state index in [4.69, 9.17) is 27.4 Å². The average Bonchev–Trinajstić information content (AvgIpc) is 3.25. The van der Waals surface area contributed by atoms with E-state index in [1.54, 1.807) is 29.2 Å². The van der Waals surface area contributed by atoms with E-state index >= 15 is 0 Å². The number of amides is 2. The third kappa shape index (κ3) is 7.53. The Labute approximate surface area is 249 Å². The summed E-state index contributed by atoms with van der Waals surface area (Å²) in [6.45, 7) is 6.05. The summed E-state index contributed by atoms with van der Waals surface area (Å²) in [6.07, 6.45) is 2.77. The summed E-state index contributed by atoms with van der Waals surface area (Å²) in [4.78, 5) is 31.5. The van der Waals surface area contributed by atoms with Gasteiger partial charge in [0.1, 0.15) is 17.2 Å². The van der Waals surface area contributed by atoms with Crippen molar-refractivity contribution in [2.75, 3.05) is 51.3 Å². The summed E-state index contributed by atoms with van der Waals surface area (Å²) in [6, 6.07) is 21.5. The van der Waals surface area contributed by atoms with Crippen molar-refractivity contribution in [2.45, 2.75) is 6.42 Å². The lowest BCUT2D eigenvalue weighted by molar-refractivity contribution is -0.113. The number of thioether (sulfide) groups is 1. The predicted octanol–water partition coefficient (Wildman–Crippen LogP) is 5.00. The monoisotopic (exact) mass is 588 g/mol. The van der Waals surface area contributed by atoms with Gasteiger partial charge in [-0.1, -0.05) is 42.2 Å². The summed E-state index contributed by atoms with van der Waals surface area (Å²) in [7, 11) is 2.16. The summed E-state index contributed by atoms with van der Waals surface area (Å²) in [5, 5.41) is 0. The molecule has 2 saturated heterocycles. The van der Waals surface area contributed by atoms with E-state index in [0.717, 1.165) is 50.5 Å². The van der Waals surface area contributed by atoms with E-state index in [2.05, 4.69) is 16.8 Å². The third-order valence-corrected chi connectivity index (χ3v) is 8.21. The van der Waals surface area contributed by atoms with Crippen molar-refractivity contribution in [3.8, 4) is 17.2 Å². The molecule has 0 unspecified atom stereocenters. The van der Waals surface area contributed by atoms with Crippen LogP contribution >= 0.6 is 24.0 Å². The van der Waals surface area contributed by atoms with Gasteiger partial charge in [-0.3, -0.25) is 14.5 Å². The predicted molar refractivity (Wildman–Crippen MR) is 168 cm³/mol. The van der Waals surface area contributed by atoms with Gasteiger partial charge < -0.3 is 25.0 Å². The molecular weight excluding hydrogens is 556 g/mol. The Morgan fingerprint density at radius 3 is 2.34 bits per heavy atom. The highest BCUT2D eigenvalue weighted by atomic mass is 32.2. The molecule has 0 atom stereocenters. The number of hydrogen-bond donors (Lipinski definition) is 1. The topological polar surface area (TPSA) is 88.3 Å². The van der Waals surface area contributed by atoms with E-state index in [9.17, 15) is 9.59 Å². The summed E-state index contributed by atoms with van der Waals surface area (Å²) >= 11 is 6.85. The van der Waals surface area contributed by atoms with Crippen LogP contribution in [0.4, 0.5) is 5.69 Å². The second-order valence-electron chi connectivity index (χ2n) is 9.92. The van der Waals surface area contributed by atoms with Crippen LogP contribution < -0.4 is 20.1 Å². The Morgan fingerprint density at radius 2 is 1.66 bits per heavy atom. The number of ether oxygens (including phenoxy) is 2. The van der Waals surface area contributed by atoms with Crippen LogP contribution in [0, 0.1) is 0 Å². The van der Waals surface area contributed by atoms with Crippen LogP contribution in [-0.4, -0.2) is 72.3 Å². The Kier molecular flexibility index (Phi) is 9.35. The second-order valence-corrected chi connectivity index (χ2v) is 11.6. The first-order valence-corrected chi connectivity index (χ1v) is 14.7. The molecule has 2 amide bonds. The number of rotatable bonds is 10. The van der Waals surface area contributed by atoms with Crippen LogP contribution in [0.1, 0.15) is 22.3 Å². The van der Waals surface area contributed by atoms with Crippen LogP contribution in [-0.2, 0) is 4.79 Å². The van der Waals surface area contributed by atoms with Crippen LogP contribution in [0.5, 0.6) is 17.2 Å². The van der Waals surface area contributed by atoms with Crippen molar-refractivity contribution in [3.63, 3.8) is 0 Å². The van der Waals surface area contributed by atoms with Gasteiger partial charge in [0.15, 0.2) is 4.32 Å². The van der Waals surface area contributed by atoms with Crippen molar-refractivity contribution in [3.05, 3.63) is 88.8 Å². The van der Waals surface area contributed by atoms with Crippen molar-refractivity contribution in [1.29, 1.82) is 0 Å². The fourth-order valence-electron chi connectivity index (χ4n) is 4.56. The number of carbonyl (C=O) groups excluding carboxylic acids is 2. The van der Waals surface area contributed by atoms with Crippen LogP contribution in [0.2, 0.25) is 0 Å². The van der Waals surface area contributed by atoms with Crippen molar-refractivity contribution < 1.29 is 19.1 Å². The lowest BCUT2D eigenvalue weighted by Crippen LogP contribution is -2.44. The van der Waals surface area contributed by atoms with Crippen molar-refractivity contribution in [1.82, 2.24) is 9.80 Å². The SMILES string of the molecule is CN1CCN(CCCOc2cccc(N3C(=O)/C(=C/c4ccc(Oc5ccc(C(N)=O)cc5)cc4)SC3=S)c2)CC1. The van der Waals surface area contributed by atoms with E-state index in [-0.39, 0.29) is 5.91 Å². The minimum Gasteiger partial charge on any atom is -0.493 e. The van der Waals surface area contributed by atoms with Gasteiger partial charge in [0, 0.05) is 44.4 Å². The first-order valence-electron chi connectivity index (χ1n) is 13.5. The molecule has 212 valence electrons. The summed E-state index contributed by atoms with van der Waals surface area (Å²) in [5.74, 6) is 1.28. The fraction of sp³-hybridized carbons (Fsp3) is 0.258. The number of thiocarbonyl (C=S) groups is 1. The van der Waals surface area contributed by atoms with Gasteiger partial charge in [-0.05, 0) is 73.6 Å². The minimum atomic E-state index is -0.487. The normalized spacial score (nSPS) is 17.3. The molecule has 0 aliphatic carbocycles. The number of benzene rings is 3. The Morgan fingerprint density at radius 1 is 0.976 bits per heavy atom. The molecule has 0 saturated carbocycles. The summed E-state index contributed by atoms with van der Waals surface area (Å²) < 4.78 is 12.3. The molecule has 0 radical (unpaired) electrons. The molecule has 2 heterocycles. The van der Waals surface area contributed by atoms with E-state index < -0.39 is 5.91 Å². The van der Waals surface area contributed by atoms with Gasteiger partial charge in [-0.25, -0.2) is 0 Å². The van der Waals surface area contributed by atoms with Gasteiger partial charge in [-0.2, -0.15) is 0 Å². The van der Waals surface area contributed by atoms with E-state index in [1.807, 2.05) is 54.6 Å². The van der Waals surface area contributed by atoms with E-state index in [0.29, 0.717) is 38.6 Å². The molecule has 0 aromatic heterocycles. The number of likely N-dealkylation sites (N-methyl/N-ethyl adjacent to an activating group) is 1.